The van der Waals surface area contributed by atoms with Crippen LogP contribution < -0.4 is 10.1 Å². The molecule has 0 spiro atoms. The summed E-state index contributed by atoms with van der Waals surface area (Å²) in [5.41, 5.74) is 0.407. The maximum Gasteiger partial charge on any atom is 0.243 e. The molecule has 1 amide bonds. The van der Waals surface area contributed by atoms with Gasteiger partial charge in [0.15, 0.2) is 0 Å². The molecule has 1 saturated heterocycles. The molecule has 1 aromatic carbocycles. The molecular formula is C20H28N2O5S. The van der Waals surface area contributed by atoms with Gasteiger partial charge < -0.3 is 14.8 Å². The average molecular weight is 409 g/mol. The third kappa shape index (κ3) is 3.90. The SMILES string of the molecule is COc1ccc(S(=O)(=O)N2CCOCC2)cc1NC(=O)C[C@H]1C[C@H]2CC[C@@H]1C2. The number of hydrogen-bond acceptors (Lipinski definition) is 5. The van der Waals surface area contributed by atoms with Crippen LogP contribution in [0.3, 0.4) is 0 Å². The van der Waals surface area contributed by atoms with Gasteiger partial charge >= 0.3 is 0 Å². The van der Waals surface area contributed by atoms with Crippen LogP contribution >= 0.6 is 0 Å². The molecule has 0 aromatic heterocycles. The second-order valence-electron chi connectivity index (χ2n) is 8.07. The van der Waals surface area contributed by atoms with E-state index in [-0.39, 0.29) is 10.8 Å². The maximum atomic E-state index is 12.9. The van der Waals surface area contributed by atoms with Crippen LogP contribution in [-0.4, -0.2) is 52.0 Å². The second kappa shape index (κ2) is 8.00. The quantitative estimate of drug-likeness (QED) is 0.782. The number of methoxy groups -OCH3 is 1. The Morgan fingerprint density at radius 3 is 2.68 bits per heavy atom. The normalized spacial score (nSPS) is 27.7. The Morgan fingerprint density at radius 2 is 2.04 bits per heavy atom. The summed E-state index contributed by atoms with van der Waals surface area (Å²) in [4.78, 5) is 12.8. The van der Waals surface area contributed by atoms with Crippen molar-refractivity contribution in [2.24, 2.45) is 17.8 Å². The molecule has 1 heterocycles. The minimum atomic E-state index is -3.63. The molecule has 2 bridgehead atoms. The highest BCUT2D eigenvalue weighted by Gasteiger charge is 2.40. The van der Waals surface area contributed by atoms with Crippen LogP contribution in [0.1, 0.15) is 32.1 Å². The lowest BCUT2D eigenvalue weighted by Gasteiger charge is -2.26. The number of ether oxygens (including phenoxy) is 2. The maximum absolute atomic E-state index is 12.9. The highest BCUT2D eigenvalue weighted by molar-refractivity contribution is 7.89. The molecule has 0 radical (unpaired) electrons. The smallest absolute Gasteiger partial charge is 0.243 e. The van der Waals surface area contributed by atoms with Gasteiger partial charge in [-0.2, -0.15) is 4.31 Å². The number of nitrogens with zero attached hydrogens (tertiary/aromatic N) is 1. The van der Waals surface area contributed by atoms with Crippen molar-refractivity contribution in [1.29, 1.82) is 0 Å². The molecule has 1 aromatic rings. The molecule has 7 nitrogen and oxygen atoms in total. The molecule has 1 N–H and O–H groups in total. The summed E-state index contributed by atoms with van der Waals surface area (Å²) in [6.45, 7) is 1.45. The highest BCUT2D eigenvalue weighted by atomic mass is 32.2. The van der Waals surface area contributed by atoms with E-state index in [2.05, 4.69) is 5.32 Å². The minimum Gasteiger partial charge on any atom is -0.495 e. The van der Waals surface area contributed by atoms with Gasteiger partial charge in [-0.3, -0.25) is 4.79 Å². The molecule has 1 aliphatic heterocycles. The zero-order chi connectivity index (χ0) is 19.7. The lowest BCUT2D eigenvalue weighted by Crippen LogP contribution is -2.40. The fourth-order valence-corrected chi connectivity index (χ4v) is 6.38. The summed E-state index contributed by atoms with van der Waals surface area (Å²) in [5.74, 6) is 2.30. The molecule has 8 heteroatoms. The topological polar surface area (TPSA) is 84.9 Å². The lowest BCUT2D eigenvalue weighted by molar-refractivity contribution is -0.117. The van der Waals surface area contributed by atoms with E-state index in [4.69, 9.17) is 9.47 Å². The van der Waals surface area contributed by atoms with E-state index in [1.54, 1.807) is 6.07 Å². The summed E-state index contributed by atoms with van der Waals surface area (Å²) < 4.78 is 37.8. The Balaban J connectivity index is 1.49. The molecule has 2 saturated carbocycles. The Kier molecular flexibility index (Phi) is 5.62. The standard InChI is InChI=1S/C20H28N2O5S/c1-26-19-5-4-17(28(24,25)22-6-8-27-9-7-22)13-18(19)21-20(23)12-16-11-14-2-3-15(16)10-14/h4-5,13-16H,2-3,6-12H2,1H3,(H,21,23)/t14-,15+,16+/m0/s1. The average Bonchev–Trinajstić information content (AvgIpc) is 3.31. The van der Waals surface area contributed by atoms with Crippen molar-refractivity contribution in [3.05, 3.63) is 18.2 Å². The number of nitrogens with one attached hydrogen (secondary N) is 1. The van der Waals surface area contributed by atoms with Gasteiger partial charge in [0.2, 0.25) is 15.9 Å². The van der Waals surface area contributed by atoms with Gasteiger partial charge in [0.05, 0.1) is 30.9 Å². The van der Waals surface area contributed by atoms with Gasteiger partial charge in [-0.15, -0.1) is 0 Å². The number of carbonyl (C=O) groups excluding carboxylic acids is 1. The van der Waals surface area contributed by atoms with Crippen LogP contribution in [0.2, 0.25) is 0 Å². The van der Waals surface area contributed by atoms with Gasteiger partial charge in [-0.05, 0) is 55.2 Å². The largest absolute Gasteiger partial charge is 0.495 e. The molecule has 0 unspecified atom stereocenters. The van der Waals surface area contributed by atoms with E-state index in [0.717, 1.165) is 12.3 Å². The number of hydrogen-bond donors (Lipinski definition) is 1. The first-order valence-electron chi connectivity index (χ1n) is 10.0. The van der Waals surface area contributed by atoms with Crippen molar-refractivity contribution >= 4 is 21.6 Å². The first-order chi connectivity index (χ1) is 13.5. The van der Waals surface area contributed by atoms with Crippen LogP contribution in [0.4, 0.5) is 5.69 Å². The Hall–Kier alpha value is -1.64. The lowest BCUT2D eigenvalue weighted by atomic mass is 9.86. The molecule has 3 atom stereocenters. The van der Waals surface area contributed by atoms with E-state index < -0.39 is 10.0 Å². The van der Waals surface area contributed by atoms with E-state index in [9.17, 15) is 13.2 Å². The Bertz CT molecular complexity index is 835. The summed E-state index contributed by atoms with van der Waals surface area (Å²) >= 11 is 0. The van der Waals surface area contributed by atoms with Crippen LogP contribution in [0.15, 0.2) is 23.1 Å². The van der Waals surface area contributed by atoms with Crippen molar-refractivity contribution in [3.8, 4) is 5.75 Å². The van der Waals surface area contributed by atoms with Crippen LogP contribution in [0.25, 0.3) is 0 Å². The monoisotopic (exact) mass is 408 g/mol. The summed E-state index contributed by atoms with van der Waals surface area (Å²) in [7, 11) is -2.12. The number of anilines is 1. The number of amides is 1. The van der Waals surface area contributed by atoms with Crippen molar-refractivity contribution < 1.29 is 22.7 Å². The number of rotatable bonds is 6. The van der Waals surface area contributed by atoms with Gasteiger partial charge in [0, 0.05) is 19.5 Å². The van der Waals surface area contributed by atoms with Crippen molar-refractivity contribution in [2.45, 2.75) is 37.0 Å². The van der Waals surface area contributed by atoms with Crippen molar-refractivity contribution in [1.82, 2.24) is 4.31 Å². The number of fused-ring (bicyclic) bond motifs is 2. The predicted molar refractivity (Wildman–Crippen MR) is 105 cm³/mol. The highest BCUT2D eigenvalue weighted by Crippen LogP contribution is 2.49. The molecular weight excluding hydrogens is 380 g/mol. The first-order valence-corrected chi connectivity index (χ1v) is 11.5. The molecule has 3 fully saturated rings. The van der Waals surface area contributed by atoms with E-state index in [1.807, 2.05) is 0 Å². The first kappa shape index (κ1) is 19.7. The van der Waals surface area contributed by atoms with E-state index >= 15 is 0 Å². The fourth-order valence-electron chi connectivity index (χ4n) is 4.95. The van der Waals surface area contributed by atoms with Crippen LogP contribution in [0.5, 0.6) is 5.75 Å². The second-order valence-corrected chi connectivity index (χ2v) is 10.0. The molecule has 154 valence electrons. The van der Waals surface area contributed by atoms with Crippen molar-refractivity contribution in [3.63, 3.8) is 0 Å². The number of morpholine rings is 1. The molecule has 3 aliphatic rings. The third-order valence-corrected chi connectivity index (χ3v) is 8.28. The van der Waals surface area contributed by atoms with Crippen LogP contribution in [0, 0.1) is 17.8 Å². The Morgan fingerprint density at radius 1 is 1.25 bits per heavy atom. The van der Waals surface area contributed by atoms with Crippen LogP contribution in [-0.2, 0) is 19.6 Å². The summed E-state index contributed by atoms with van der Waals surface area (Å²) in [5, 5.41) is 2.89. The summed E-state index contributed by atoms with van der Waals surface area (Å²) in [6, 6.07) is 4.62. The zero-order valence-corrected chi connectivity index (χ0v) is 17.0. The fraction of sp³-hybridized carbons (Fsp3) is 0.650. The predicted octanol–water partition coefficient (Wildman–Crippen LogP) is 2.48. The molecule has 28 heavy (non-hydrogen) atoms. The van der Waals surface area contributed by atoms with Gasteiger partial charge in [-0.25, -0.2) is 8.42 Å². The van der Waals surface area contributed by atoms with Gasteiger partial charge in [0.25, 0.3) is 0 Å². The van der Waals surface area contributed by atoms with Gasteiger partial charge in [0.1, 0.15) is 5.75 Å². The third-order valence-electron chi connectivity index (χ3n) is 6.38. The molecule has 2 aliphatic carbocycles. The number of benzene rings is 1. The van der Waals surface area contributed by atoms with E-state index in [0.29, 0.717) is 56.0 Å². The van der Waals surface area contributed by atoms with E-state index in [1.165, 1.54) is 42.8 Å². The number of carbonyl (C=O) groups is 1. The molecule has 4 rings (SSSR count). The number of sulfonamides is 1. The zero-order valence-electron chi connectivity index (χ0n) is 16.2. The van der Waals surface area contributed by atoms with Gasteiger partial charge in [-0.1, -0.05) is 6.42 Å². The summed E-state index contributed by atoms with van der Waals surface area (Å²) in [6.07, 6.45) is 5.43. The Labute approximate surface area is 166 Å². The minimum absolute atomic E-state index is 0.0724. The van der Waals surface area contributed by atoms with Crippen molar-refractivity contribution in [2.75, 3.05) is 38.7 Å².